The second-order valence-electron chi connectivity index (χ2n) is 4.17. The molecule has 0 radical (unpaired) electrons. The third-order valence-electron chi connectivity index (χ3n) is 2.65. The minimum Gasteiger partial charge on any atom is -0.375 e. The Kier molecular flexibility index (Phi) is 4.26. The van der Waals surface area contributed by atoms with E-state index in [1.54, 1.807) is 0 Å². The van der Waals surface area contributed by atoms with Gasteiger partial charge in [-0.25, -0.2) is 0 Å². The molecule has 0 aliphatic heterocycles. The van der Waals surface area contributed by atoms with Crippen LogP contribution in [-0.2, 0) is 0 Å². The number of aryl methyl sites for hydroxylation is 1. The van der Waals surface area contributed by atoms with E-state index < -0.39 is 0 Å². The monoisotopic (exact) mass is 269 g/mol. The lowest BCUT2D eigenvalue weighted by Crippen LogP contribution is -2.26. The van der Waals surface area contributed by atoms with Crippen molar-refractivity contribution < 1.29 is 0 Å². The lowest BCUT2D eigenvalue weighted by Gasteiger charge is -2.08. The van der Waals surface area contributed by atoms with Gasteiger partial charge in [0.25, 0.3) is 0 Å². The van der Waals surface area contributed by atoms with Gasteiger partial charge in [0.2, 0.25) is 0 Å². The Bertz CT molecular complexity index is 589. The van der Waals surface area contributed by atoms with Crippen LogP contribution in [-0.4, -0.2) is 10.8 Å². The molecule has 0 unspecified atom stereocenters. The number of nitrogens with two attached hydrogens (primary N) is 1. The van der Waals surface area contributed by atoms with Crippen molar-refractivity contribution in [1.82, 2.24) is 5.43 Å². The molecule has 0 aromatic heterocycles. The van der Waals surface area contributed by atoms with E-state index in [2.05, 4.69) is 29.6 Å². The minimum atomic E-state index is 0.153. The topological polar surface area (TPSA) is 50.4 Å². The number of nitrogens with zero attached hydrogens (tertiary/aromatic N) is 1. The molecule has 4 heteroatoms. The van der Waals surface area contributed by atoms with E-state index in [0.717, 1.165) is 16.8 Å². The molecule has 0 saturated heterocycles. The summed E-state index contributed by atoms with van der Waals surface area (Å²) in [6.45, 7) is 2.05. The highest BCUT2D eigenvalue weighted by Gasteiger charge is 2.06. The van der Waals surface area contributed by atoms with Gasteiger partial charge in [-0.3, -0.25) is 5.43 Å². The van der Waals surface area contributed by atoms with Crippen molar-refractivity contribution in [2.75, 3.05) is 0 Å². The molecule has 0 aliphatic carbocycles. The highest BCUT2D eigenvalue weighted by Crippen LogP contribution is 2.11. The molecular weight excluding hydrogens is 254 g/mol. The predicted octanol–water partition coefficient (Wildman–Crippen LogP) is 2.58. The van der Waals surface area contributed by atoms with Crippen molar-refractivity contribution in [2.45, 2.75) is 6.92 Å². The molecule has 3 nitrogen and oxygen atoms in total. The summed E-state index contributed by atoms with van der Waals surface area (Å²) >= 11 is 4.79. The zero-order valence-corrected chi connectivity index (χ0v) is 11.4. The highest BCUT2D eigenvalue weighted by molar-refractivity contribution is 7.80. The van der Waals surface area contributed by atoms with Crippen molar-refractivity contribution in [3.8, 4) is 0 Å². The third kappa shape index (κ3) is 3.63. The van der Waals surface area contributed by atoms with E-state index in [-0.39, 0.29) is 5.11 Å². The summed E-state index contributed by atoms with van der Waals surface area (Å²) in [5, 5.41) is 4.45. The SMILES string of the molecule is Cc1ccc(C(=NNC(N)=S)c2ccccc2)cc1. The largest absolute Gasteiger partial charge is 0.375 e. The third-order valence-corrected chi connectivity index (χ3v) is 2.74. The predicted molar refractivity (Wildman–Crippen MR) is 83.2 cm³/mol. The number of rotatable bonds is 3. The quantitative estimate of drug-likeness (QED) is 0.511. The number of hydrazone groups is 1. The van der Waals surface area contributed by atoms with Gasteiger partial charge >= 0.3 is 0 Å². The van der Waals surface area contributed by atoms with Crippen molar-refractivity contribution in [2.24, 2.45) is 10.8 Å². The average Bonchev–Trinajstić information content (AvgIpc) is 2.42. The molecule has 0 fully saturated rings. The number of hydrogen-bond donors (Lipinski definition) is 2. The van der Waals surface area contributed by atoms with Gasteiger partial charge in [0.1, 0.15) is 0 Å². The van der Waals surface area contributed by atoms with Crippen molar-refractivity contribution in [3.05, 3.63) is 71.3 Å². The first kappa shape index (κ1) is 13.2. The van der Waals surface area contributed by atoms with Crippen LogP contribution in [0, 0.1) is 6.92 Å². The van der Waals surface area contributed by atoms with E-state index in [1.165, 1.54) is 5.56 Å². The molecule has 3 N–H and O–H groups in total. The van der Waals surface area contributed by atoms with Gasteiger partial charge in [-0.05, 0) is 19.1 Å². The Morgan fingerprint density at radius 1 is 1.00 bits per heavy atom. The van der Waals surface area contributed by atoms with Crippen LogP contribution in [0.25, 0.3) is 0 Å². The molecule has 0 bridgehead atoms. The van der Waals surface area contributed by atoms with Gasteiger partial charge in [0.15, 0.2) is 5.11 Å². The molecule has 0 aliphatic rings. The van der Waals surface area contributed by atoms with Crippen molar-refractivity contribution >= 4 is 23.0 Å². The van der Waals surface area contributed by atoms with Crippen LogP contribution in [0.15, 0.2) is 59.7 Å². The standard InChI is InChI=1S/C15H15N3S/c1-11-7-9-13(10-8-11)14(17-18-15(16)19)12-5-3-2-4-6-12/h2-10H,1H3,(H3,16,18,19). The van der Waals surface area contributed by atoms with Gasteiger partial charge in [0.05, 0.1) is 5.71 Å². The first-order valence-electron chi connectivity index (χ1n) is 5.92. The molecule has 19 heavy (non-hydrogen) atoms. The Morgan fingerprint density at radius 2 is 1.58 bits per heavy atom. The van der Waals surface area contributed by atoms with Crippen LogP contribution in [0.5, 0.6) is 0 Å². The maximum Gasteiger partial charge on any atom is 0.184 e. The number of thiocarbonyl (C=S) groups is 1. The molecule has 0 heterocycles. The summed E-state index contributed by atoms with van der Waals surface area (Å²) in [5.74, 6) is 0. The van der Waals surface area contributed by atoms with Gasteiger partial charge in [-0.1, -0.05) is 60.2 Å². The van der Waals surface area contributed by atoms with E-state index in [4.69, 9.17) is 18.0 Å². The van der Waals surface area contributed by atoms with E-state index in [0.29, 0.717) is 0 Å². The fourth-order valence-electron chi connectivity index (χ4n) is 1.71. The van der Waals surface area contributed by atoms with E-state index >= 15 is 0 Å². The maximum atomic E-state index is 5.43. The molecule has 0 spiro atoms. The second-order valence-corrected chi connectivity index (χ2v) is 4.61. The van der Waals surface area contributed by atoms with Crippen LogP contribution < -0.4 is 11.2 Å². The van der Waals surface area contributed by atoms with Gasteiger partial charge < -0.3 is 5.73 Å². The Labute approximate surface area is 118 Å². The summed E-state index contributed by atoms with van der Waals surface area (Å²) < 4.78 is 0. The van der Waals surface area contributed by atoms with Crippen LogP contribution in [0.2, 0.25) is 0 Å². The van der Waals surface area contributed by atoms with Crippen LogP contribution in [0.3, 0.4) is 0 Å². The molecule has 2 aromatic rings. The summed E-state index contributed by atoms with van der Waals surface area (Å²) in [6.07, 6.45) is 0. The Hall–Kier alpha value is -2.20. The lowest BCUT2D eigenvalue weighted by molar-refractivity contribution is 1.03. The number of hydrogen-bond acceptors (Lipinski definition) is 2. The van der Waals surface area contributed by atoms with Crippen LogP contribution in [0.4, 0.5) is 0 Å². The zero-order chi connectivity index (χ0) is 13.7. The molecular formula is C15H15N3S. The first-order chi connectivity index (χ1) is 9.16. The van der Waals surface area contributed by atoms with Crippen molar-refractivity contribution in [1.29, 1.82) is 0 Å². The van der Waals surface area contributed by atoms with Gasteiger partial charge in [-0.2, -0.15) is 5.10 Å². The smallest absolute Gasteiger partial charge is 0.184 e. The van der Waals surface area contributed by atoms with E-state index in [9.17, 15) is 0 Å². The lowest BCUT2D eigenvalue weighted by atomic mass is 10.0. The minimum absolute atomic E-state index is 0.153. The Balaban J connectivity index is 2.43. The zero-order valence-electron chi connectivity index (χ0n) is 10.6. The Morgan fingerprint density at radius 3 is 2.16 bits per heavy atom. The second kappa shape index (κ2) is 6.11. The molecule has 0 amide bonds. The molecule has 0 saturated carbocycles. The summed E-state index contributed by atoms with van der Waals surface area (Å²) in [4.78, 5) is 0. The van der Waals surface area contributed by atoms with Crippen LogP contribution in [0.1, 0.15) is 16.7 Å². The fraction of sp³-hybridized carbons (Fsp3) is 0.0667. The van der Waals surface area contributed by atoms with E-state index in [1.807, 2.05) is 42.5 Å². The maximum absolute atomic E-state index is 5.43. The van der Waals surface area contributed by atoms with Crippen LogP contribution >= 0.6 is 12.2 Å². The first-order valence-corrected chi connectivity index (χ1v) is 6.33. The summed E-state index contributed by atoms with van der Waals surface area (Å²) in [5.41, 5.74) is 12.1. The normalized spacial score (nSPS) is 11.1. The van der Waals surface area contributed by atoms with Crippen molar-refractivity contribution in [3.63, 3.8) is 0 Å². The number of benzene rings is 2. The van der Waals surface area contributed by atoms with Gasteiger partial charge in [-0.15, -0.1) is 0 Å². The number of nitrogens with one attached hydrogen (secondary N) is 1. The fourth-order valence-corrected chi connectivity index (χ4v) is 1.76. The summed E-state index contributed by atoms with van der Waals surface area (Å²) in [7, 11) is 0. The molecule has 2 aromatic carbocycles. The highest BCUT2D eigenvalue weighted by atomic mass is 32.1. The summed E-state index contributed by atoms with van der Waals surface area (Å²) in [6, 6.07) is 18.1. The average molecular weight is 269 g/mol. The molecule has 2 rings (SSSR count). The molecule has 0 atom stereocenters. The molecule has 96 valence electrons. The van der Waals surface area contributed by atoms with Gasteiger partial charge in [0, 0.05) is 11.1 Å².